The van der Waals surface area contributed by atoms with Crippen molar-refractivity contribution >= 4 is 22.9 Å². The summed E-state index contributed by atoms with van der Waals surface area (Å²) in [6.07, 6.45) is 5.36. The number of hydrogen-bond acceptors (Lipinski definition) is 5. The van der Waals surface area contributed by atoms with Crippen LogP contribution >= 0.6 is 0 Å². The van der Waals surface area contributed by atoms with E-state index in [2.05, 4.69) is 27.4 Å². The Morgan fingerprint density at radius 2 is 1.86 bits per heavy atom. The zero-order chi connectivity index (χ0) is 20.2. The number of nitrogens with one attached hydrogen (secondary N) is 1. The summed E-state index contributed by atoms with van der Waals surface area (Å²) in [6, 6.07) is 12.0. The fourth-order valence-electron chi connectivity index (χ4n) is 3.83. The third-order valence-corrected chi connectivity index (χ3v) is 5.41. The number of fused-ring (bicyclic) bond motifs is 1. The van der Waals surface area contributed by atoms with Gasteiger partial charge in [0.25, 0.3) is 0 Å². The molecule has 0 bridgehead atoms. The van der Waals surface area contributed by atoms with Crippen LogP contribution in [0.15, 0.2) is 48.8 Å². The predicted octanol–water partition coefficient (Wildman–Crippen LogP) is 3.18. The molecule has 7 nitrogen and oxygen atoms in total. The van der Waals surface area contributed by atoms with Crippen molar-refractivity contribution in [3.8, 4) is 0 Å². The summed E-state index contributed by atoms with van der Waals surface area (Å²) in [5, 5.41) is 4.09. The molecule has 0 atom stereocenters. The predicted molar refractivity (Wildman–Crippen MR) is 114 cm³/mol. The van der Waals surface area contributed by atoms with Crippen LogP contribution in [0.25, 0.3) is 11.0 Å². The van der Waals surface area contributed by atoms with Gasteiger partial charge in [-0.1, -0.05) is 6.07 Å². The fourth-order valence-corrected chi connectivity index (χ4v) is 3.83. The highest BCUT2D eigenvalue weighted by molar-refractivity contribution is 5.75. The molecule has 1 aliphatic heterocycles. The van der Waals surface area contributed by atoms with E-state index in [4.69, 9.17) is 4.98 Å². The van der Waals surface area contributed by atoms with Gasteiger partial charge in [0, 0.05) is 68.7 Å². The Bertz CT molecular complexity index is 997. The molecule has 1 N–H and O–H groups in total. The summed E-state index contributed by atoms with van der Waals surface area (Å²) in [4.78, 5) is 29.9. The highest BCUT2D eigenvalue weighted by Gasteiger charge is 2.25. The van der Waals surface area contributed by atoms with Crippen LogP contribution in [0.4, 0.5) is 10.6 Å². The number of pyridine rings is 3. The van der Waals surface area contributed by atoms with Crippen molar-refractivity contribution in [2.45, 2.75) is 25.3 Å². The molecule has 4 heterocycles. The van der Waals surface area contributed by atoms with Gasteiger partial charge in [0.1, 0.15) is 5.82 Å². The number of piperidine rings is 1. The van der Waals surface area contributed by atoms with E-state index in [0.717, 1.165) is 54.0 Å². The summed E-state index contributed by atoms with van der Waals surface area (Å²) in [5.41, 5.74) is 2.87. The SMILES string of the molecule is CN(C)c1ncccc1CNC(=O)N1CCC(c2ccc3cccnc3n2)CC1. The van der Waals surface area contributed by atoms with Gasteiger partial charge in [-0.2, -0.15) is 0 Å². The third kappa shape index (κ3) is 4.29. The molecule has 0 aromatic carbocycles. The molecular weight excluding hydrogens is 364 g/mol. The molecule has 0 radical (unpaired) electrons. The van der Waals surface area contributed by atoms with Crippen LogP contribution in [-0.4, -0.2) is 53.1 Å². The van der Waals surface area contributed by atoms with Crippen LogP contribution in [0.5, 0.6) is 0 Å². The molecule has 7 heteroatoms. The molecule has 0 aliphatic carbocycles. The molecule has 3 aromatic heterocycles. The monoisotopic (exact) mass is 390 g/mol. The van der Waals surface area contributed by atoms with Crippen molar-refractivity contribution < 1.29 is 4.79 Å². The Balaban J connectivity index is 1.33. The first kappa shape index (κ1) is 19.1. The Morgan fingerprint density at radius 1 is 1.10 bits per heavy atom. The minimum Gasteiger partial charge on any atom is -0.362 e. The first-order chi connectivity index (χ1) is 14.1. The van der Waals surface area contributed by atoms with Crippen molar-refractivity contribution in [2.75, 3.05) is 32.1 Å². The number of aromatic nitrogens is 3. The van der Waals surface area contributed by atoms with Gasteiger partial charge in [0.05, 0.1) is 0 Å². The molecule has 1 saturated heterocycles. The normalized spacial score (nSPS) is 14.8. The molecular formula is C22H26N6O. The molecule has 29 heavy (non-hydrogen) atoms. The number of amides is 2. The Morgan fingerprint density at radius 3 is 2.66 bits per heavy atom. The average molecular weight is 390 g/mol. The smallest absolute Gasteiger partial charge is 0.317 e. The molecule has 3 aromatic rings. The molecule has 150 valence electrons. The molecule has 0 saturated carbocycles. The van der Waals surface area contributed by atoms with Gasteiger partial charge in [0.15, 0.2) is 5.65 Å². The van der Waals surface area contributed by atoms with Crippen LogP contribution in [0, 0.1) is 0 Å². The van der Waals surface area contributed by atoms with E-state index in [9.17, 15) is 4.79 Å². The van der Waals surface area contributed by atoms with Crippen LogP contribution in [0.3, 0.4) is 0 Å². The quantitative estimate of drug-likeness (QED) is 0.741. The second-order valence-electron chi connectivity index (χ2n) is 7.59. The highest BCUT2D eigenvalue weighted by Crippen LogP contribution is 2.27. The summed E-state index contributed by atoms with van der Waals surface area (Å²) in [6.45, 7) is 1.93. The maximum Gasteiger partial charge on any atom is 0.317 e. The van der Waals surface area contributed by atoms with Gasteiger partial charge in [-0.15, -0.1) is 0 Å². The average Bonchev–Trinajstić information content (AvgIpc) is 2.77. The van der Waals surface area contributed by atoms with Crippen molar-refractivity contribution in [1.82, 2.24) is 25.2 Å². The van der Waals surface area contributed by atoms with Crippen molar-refractivity contribution in [3.63, 3.8) is 0 Å². The lowest BCUT2D eigenvalue weighted by Gasteiger charge is -2.32. The lowest BCUT2D eigenvalue weighted by atomic mass is 9.93. The number of nitrogens with zero attached hydrogens (tertiary/aromatic N) is 5. The van der Waals surface area contributed by atoms with Crippen LogP contribution < -0.4 is 10.2 Å². The number of carbonyl (C=O) groups excluding carboxylic acids is 1. The Labute approximate surface area is 170 Å². The van der Waals surface area contributed by atoms with E-state index in [-0.39, 0.29) is 6.03 Å². The van der Waals surface area contributed by atoms with Gasteiger partial charge < -0.3 is 15.1 Å². The van der Waals surface area contributed by atoms with Gasteiger partial charge in [-0.05, 0) is 43.2 Å². The van der Waals surface area contributed by atoms with Gasteiger partial charge in [0.2, 0.25) is 0 Å². The van der Waals surface area contributed by atoms with E-state index in [1.165, 1.54) is 0 Å². The number of hydrogen-bond donors (Lipinski definition) is 1. The largest absolute Gasteiger partial charge is 0.362 e. The molecule has 2 amide bonds. The number of anilines is 1. The van der Waals surface area contributed by atoms with Crippen LogP contribution in [-0.2, 0) is 6.54 Å². The van der Waals surface area contributed by atoms with E-state index in [0.29, 0.717) is 12.5 Å². The molecule has 0 unspecified atom stereocenters. The summed E-state index contributed by atoms with van der Waals surface area (Å²) >= 11 is 0. The van der Waals surface area contributed by atoms with E-state index in [1.807, 2.05) is 48.2 Å². The Kier molecular flexibility index (Phi) is 5.55. The van der Waals surface area contributed by atoms with E-state index in [1.54, 1.807) is 12.4 Å². The van der Waals surface area contributed by atoms with E-state index >= 15 is 0 Å². The molecule has 4 rings (SSSR count). The number of likely N-dealkylation sites (tertiary alicyclic amines) is 1. The molecule has 0 spiro atoms. The maximum atomic E-state index is 12.6. The minimum absolute atomic E-state index is 0.0230. The zero-order valence-electron chi connectivity index (χ0n) is 16.9. The lowest BCUT2D eigenvalue weighted by Crippen LogP contribution is -2.44. The van der Waals surface area contributed by atoms with Gasteiger partial charge >= 0.3 is 6.03 Å². The summed E-state index contributed by atoms with van der Waals surface area (Å²) in [7, 11) is 3.91. The second kappa shape index (κ2) is 8.43. The summed E-state index contributed by atoms with van der Waals surface area (Å²) < 4.78 is 0. The first-order valence-corrected chi connectivity index (χ1v) is 9.97. The highest BCUT2D eigenvalue weighted by atomic mass is 16.2. The molecule has 1 fully saturated rings. The zero-order valence-corrected chi connectivity index (χ0v) is 16.9. The number of urea groups is 1. The minimum atomic E-state index is -0.0230. The standard InChI is InChI=1S/C22H26N6O/c1-27(2)21-18(6-4-12-24-21)15-25-22(29)28-13-9-16(10-14-28)19-8-7-17-5-3-11-23-20(17)26-19/h3-8,11-12,16H,9-10,13-15H2,1-2H3,(H,25,29). The van der Waals surface area contributed by atoms with Crippen molar-refractivity contribution in [1.29, 1.82) is 0 Å². The summed E-state index contributed by atoms with van der Waals surface area (Å²) in [5.74, 6) is 1.24. The number of carbonyl (C=O) groups is 1. The maximum absolute atomic E-state index is 12.6. The Hall–Kier alpha value is -3.22. The van der Waals surface area contributed by atoms with Gasteiger partial charge in [-0.3, -0.25) is 0 Å². The topological polar surface area (TPSA) is 74.2 Å². The van der Waals surface area contributed by atoms with Gasteiger partial charge in [-0.25, -0.2) is 19.7 Å². The molecule has 1 aliphatic rings. The van der Waals surface area contributed by atoms with E-state index < -0.39 is 0 Å². The first-order valence-electron chi connectivity index (χ1n) is 9.97. The van der Waals surface area contributed by atoms with Crippen molar-refractivity contribution in [3.05, 3.63) is 60.0 Å². The lowest BCUT2D eigenvalue weighted by molar-refractivity contribution is 0.180. The van der Waals surface area contributed by atoms with Crippen molar-refractivity contribution in [2.24, 2.45) is 0 Å². The fraction of sp³-hybridized carbons (Fsp3) is 0.364. The third-order valence-electron chi connectivity index (χ3n) is 5.41. The number of rotatable bonds is 4. The second-order valence-corrected chi connectivity index (χ2v) is 7.59. The van der Waals surface area contributed by atoms with Crippen LogP contribution in [0.1, 0.15) is 30.0 Å². The van der Waals surface area contributed by atoms with Crippen LogP contribution in [0.2, 0.25) is 0 Å².